The molecule has 1 aromatic rings. The van der Waals surface area contributed by atoms with Gasteiger partial charge in [-0.25, -0.2) is 0 Å². The average Bonchev–Trinajstić information content (AvgIpc) is 2.12. The maximum atomic E-state index is 5.85. The Hall–Kier alpha value is -0.600. The van der Waals surface area contributed by atoms with Crippen LogP contribution in [0.2, 0.25) is 5.02 Å². The van der Waals surface area contributed by atoms with Crippen molar-refractivity contribution >= 4 is 36.0 Å². The number of rotatable bonds is 3. The zero-order valence-corrected chi connectivity index (χ0v) is 8.85. The molecule has 0 spiro atoms. The van der Waals surface area contributed by atoms with Gasteiger partial charge in [0.15, 0.2) is 0 Å². The van der Waals surface area contributed by atoms with Crippen molar-refractivity contribution in [2.75, 3.05) is 11.5 Å². The summed E-state index contributed by atoms with van der Waals surface area (Å²) in [4.78, 5) is 0. The lowest BCUT2D eigenvalue weighted by Crippen LogP contribution is -1.85. The molecule has 1 aromatic carbocycles. The van der Waals surface area contributed by atoms with Gasteiger partial charge in [-0.05, 0) is 29.9 Å². The first-order valence-electron chi connectivity index (χ1n) is 4.06. The minimum atomic E-state index is 0.605. The van der Waals surface area contributed by atoms with E-state index in [1.807, 2.05) is 24.3 Å². The molecule has 0 unspecified atom stereocenters. The van der Waals surface area contributed by atoms with Crippen molar-refractivity contribution < 1.29 is 0 Å². The number of hydrogen-bond acceptors (Lipinski definition) is 2. The highest BCUT2D eigenvalue weighted by atomic mass is 35.5. The number of nitrogen functional groups attached to an aromatic ring is 1. The molecule has 0 saturated carbocycles. The van der Waals surface area contributed by atoms with Gasteiger partial charge >= 0.3 is 0 Å². The fourth-order valence-corrected chi connectivity index (χ4v) is 1.28. The van der Waals surface area contributed by atoms with Crippen molar-refractivity contribution in [1.29, 1.82) is 0 Å². The molecule has 0 radical (unpaired) electrons. The molecule has 0 aliphatic carbocycles. The van der Waals surface area contributed by atoms with E-state index in [4.69, 9.17) is 17.3 Å². The van der Waals surface area contributed by atoms with E-state index in [0.717, 1.165) is 17.7 Å². The first-order chi connectivity index (χ1) is 6.24. The smallest absolute Gasteiger partial charge is 0.0641 e. The standard InChI is InChI=1S/C10H12ClNS/c11-9-7-8(3-1-2-6-13)4-5-10(9)12/h1,3-5,7,13H,2,6,12H2. The largest absolute Gasteiger partial charge is 0.398 e. The normalized spacial score (nSPS) is 10.9. The molecule has 0 bridgehead atoms. The van der Waals surface area contributed by atoms with Gasteiger partial charge in [-0.1, -0.05) is 29.8 Å². The van der Waals surface area contributed by atoms with Crippen LogP contribution in [0.25, 0.3) is 6.08 Å². The number of allylic oxidation sites excluding steroid dienone is 1. The van der Waals surface area contributed by atoms with Crippen LogP contribution >= 0.6 is 24.2 Å². The van der Waals surface area contributed by atoms with Gasteiger partial charge in [0, 0.05) is 0 Å². The maximum absolute atomic E-state index is 5.85. The van der Waals surface area contributed by atoms with E-state index in [9.17, 15) is 0 Å². The topological polar surface area (TPSA) is 26.0 Å². The van der Waals surface area contributed by atoms with Crippen molar-refractivity contribution in [3.63, 3.8) is 0 Å². The lowest BCUT2D eigenvalue weighted by molar-refractivity contribution is 1.26. The summed E-state index contributed by atoms with van der Waals surface area (Å²) in [6.45, 7) is 0. The van der Waals surface area contributed by atoms with Crippen LogP contribution < -0.4 is 5.73 Å². The molecule has 0 atom stereocenters. The van der Waals surface area contributed by atoms with Crippen molar-refractivity contribution in [2.24, 2.45) is 0 Å². The summed E-state index contributed by atoms with van der Waals surface area (Å²) in [5.74, 6) is 0.860. The van der Waals surface area contributed by atoms with E-state index in [2.05, 4.69) is 18.7 Å². The van der Waals surface area contributed by atoms with E-state index in [-0.39, 0.29) is 0 Å². The van der Waals surface area contributed by atoms with Crippen molar-refractivity contribution in [1.82, 2.24) is 0 Å². The third-order valence-corrected chi connectivity index (χ3v) is 2.22. The molecule has 70 valence electrons. The van der Waals surface area contributed by atoms with E-state index < -0.39 is 0 Å². The Morgan fingerprint density at radius 2 is 2.23 bits per heavy atom. The number of anilines is 1. The lowest BCUT2D eigenvalue weighted by atomic mass is 10.2. The molecular formula is C10H12ClNS. The van der Waals surface area contributed by atoms with Crippen LogP contribution in [0.3, 0.4) is 0 Å². The van der Waals surface area contributed by atoms with Crippen molar-refractivity contribution in [2.45, 2.75) is 6.42 Å². The summed E-state index contributed by atoms with van der Waals surface area (Å²) in [6, 6.07) is 5.60. The number of halogens is 1. The number of benzene rings is 1. The third-order valence-electron chi connectivity index (χ3n) is 1.63. The van der Waals surface area contributed by atoms with Gasteiger partial charge in [0.25, 0.3) is 0 Å². The quantitative estimate of drug-likeness (QED) is 0.585. The maximum Gasteiger partial charge on any atom is 0.0641 e. The van der Waals surface area contributed by atoms with Crippen molar-refractivity contribution in [3.8, 4) is 0 Å². The summed E-state index contributed by atoms with van der Waals surface area (Å²) in [5, 5.41) is 0.605. The highest BCUT2D eigenvalue weighted by molar-refractivity contribution is 7.80. The van der Waals surface area contributed by atoms with Gasteiger partial charge in [-0.2, -0.15) is 12.6 Å². The Bertz CT molecular complexity index is 310. The summed E-state index contributed by atoms with van der Waals surface area (Å²) >= 11 is 9.96. The van der Waals surface area contributed by atoms with Crippen LogP contribution in [0.5, 0.6) is 0 Å². The van der Waals surface area contributed by atoms with Crippen LogP contribution in [0.4, 0.5) is 5.69 Å². The molecule has 0 aliphatic heterocycles. The fraction of sp³-hybridized carbons (Fsp3) is 0.200. The SMILES string of the molecule is Nc1ccc(C=CCCS)cc1Cl. The molecular weight excluding hydrogens is 202 g/mol. The van der Waals surface area contributed by atoms with Crippen LogP contribution in [0.1, 0.15) is 12.0 Å². The summed E-state index contributed by atoms with van der Waals surface area (Å²) in [6.07, 6.45) is 5.04. The monoisotopic (exact) mass is 213 g/mol. The van der Waals surface area contributed by atoms with Gasteiger partial charge in [0.1, 0.15) is 0 Å². The highest BCUT2D eigenvalue weighted by Crippen LogP contribution is 2.20. The molecule has 0 saturated heterocycles. The molecule has 0 aliphatic rings. The second kappa shape index (κ2) is 5.20. The second-order valence-corrected chi connectivity index (χ2v) is 3.55. The molecule has 1 rings (SSSR count). The second-order valence-electron chi connectivity index (χ2n) is 2.70. The highest BCUT2D eigenvalue weighted by Gasteiger charge is 1.94. The molecule has 2 N–H and O–H groups in total. The minimum absolute atomic E-state index is 0.605. The Balaban J connectivity index is 2.73. The molecule has 3 heteroatoms. The van der Waals surface area contributed by atoms with Crippen LogP contribution in [0, 0.1) is 0 Å². The Kier molecular flexibility index (Phi) is 4.19. The molecule has 0 fully saturated rings. The zero-order chi connectivity index (χ0) is 9.68. The molecule has 1 nitrogen and oxygen atoms in total. The lowest BCUT2D eigenvalue weighted by Gasteiger charge is -1.98. The predicted molar refractivity (Wildman–Crippen MR) is 63.4 cm³/mol. The minimum Gasteiger partial charge on any atom is -0.398 e. The summed E-state index contributed by atoms with van der Waals surface area (Å²) in [7, 11) is 0. The van der Waals surface area contributed by atoms with Gasteiger partial charge < -0.3 is 5.73 Å². The van der Waals surface area contributed by atoms with Crippen LogP contribution in [-0.2, 0) is 0 Å². The van der Waals surface area contributed by atoms with E-state index >= 15 is 0 Å². The zero-order valence-electron chi connectivity index (χ0n) is 7.20. The van der Waals surface area contributed by atoms with Crippen molar-refractivity contribution in [3.05, 3.63) is 34.9 Å². The Morgan fingerprint density at radius 3 is 2.85 bits per heavy atom. The molecule has 0 aromatic heterocycles. The van der Waals surface area contributed by atoms with Crippen LogP contribution in [0.15, 0.2) is 24.3 Å². The van der Waals surface area contributed by atoms with Gasteiger partial charge in [-0.3, -0.25) is 0 Å². The number of thiol groups is 1. The van der Waals surface area contributed by atoms with Gasteiger partial charge in [0.05, 0.1) is 10.7 Å². The van der Waals surface area contributed by atoms with E-state index in [1.165, 1.54) is 0 Å². The summed E-state index contributed by atoms with van der Waals surface area (Å²) < 4.78 is 0. The van der Waals surface area contributed by atoms with E-state index in [0.29, 0.717) is 10.7 Å². The first-order valence-corrected chi connectivity index (χ1v) is 5.07. The Labute approximate surface area is 89.0 Å². The Morgan fingerprint density at radius 1 is 1.46 bits per heavy atom. The van der Waals surface area contributed by atoms with Crippen LogP contribution in [-0.4, -0.2) is 5.75 Å². The molecule has 0 amide bonds. The number of hydrogen-bond donors (Lipinski definition) is 2. The third kappa shape index (κ3) is 3.33. The predicted octanol–water partition coefficient (Wildman–Crippen LogP) is 3.26. The fourth-order valence-electron chi connectivity index (χ4n) is 0.941. The van der Waals surface area contributed by atoms with Gasteiger partial charge in [-0.15, -0.1) is 0 Å². The molecule has 0 heterocycles. The number of nitrogens with two attached hydrogens (primary N) is 1. The van der Waals surface area contributed by atoms with Gasteiger partial charge in [0.2, 0.25) is 0 Å². The average molecular weight is 214 g/mol. The first kappa shape index (κ1) is 10.5. The van der Waals surface area contributed by atoms with E-state index in [1.54, 1.807) is 0 Å². The summed E-state index contributed by atoms with van der Waals surface area (Å²) in [5.41, 5.74) is 7.26. The molecule has 13 heavy (non-hydrogen) atoms.